The molecule has 1 aliphatic rings. The quantitative estimate of drug-likeness (QED) is 0.744. The first-order valence-corrected chi connectivity index (χ1v) is 8.85. The highest BCUT2D eigenvalue weighted by molar-refractivity contribution is 6.15. The Balaban J connectivity index is 1.75. The van der Waals surface area contributed by atoms with E-state index in [4.69, 9.17) is 0 Å². The van der Waals surface area contributed by atoms with Crippen molar-refractivity contribution in [2.24, 2.45) is 5.92 Å². The Bertz CT molecular complexity index is 937. The first-order chi connectivity index (χ1) is 12.1. The Morgan fingerprint density at radius 3 is 2.80 bits per heavy atom. The van der Waals surface area contributed by atoms with Gasteiger partial charge in [0.2, 0.25) is 0 Å². The standard InChI is InChI=1S/C21H22N2O2/c1-23(13-15-7-4-10-19(15)24)21(25)18-12-14-6-2-3-8-16(14)17-9-5-11-22-20(17)18/h2-3,5-6,8-9,11-12,15,19,24H,4,7,10,13H2,1H3. The lowest BCUT2D eigenvalue weighted by Crippen LogP contribution is -2.34. The summed E-state index contributed by atoms with van der Waals surface area (Å²) in [5.41, 5.74) is 1.37. The molecule has 4 rings (SSSR count). The van der Waals surface area contributed by atoms with Crippen molar-refractivity contribution in [2.45, 2.75) is 25.4 Å². The minimum absolute atomic E-state index is 0.0337. The van der Waals surface area contributed by atoms with Gasteiger partial charge in [-0.3, -0.25) is 9.78 Å². The molecule has 1 aromatic heterocycles. The fourth-order valence-electron chi connectivity index (χ4n) is 3.96. The van der Waals surface area contributed by atoms with Crippen LogP contribution in [0.2, 0.25) is 0 Å². The fraction of sp³-hybridized carbons (Fsp3) is 0.333. The Morgan fingerprint density at radius 2 is 2.00 bits per heavy atom. The number of rotatable bonds is 3. The van der Waals surface area contributed by atoms with Crippen molar-refractivity contribution in [2.75, 3.05) is 13.6 Å². The van der Waals surface area contributed by atoms with Crippen LogP contribution in [-0.2, 0) is 0 Å². The molecule has 0 bridgehead atoms. The van der Waals surface area contributed by atoms with Gasteiger partial charge in [0, 0.05) is 31.1 Å². The molecule has 4 heteroatoms. The van der Waals surface area contributed by atoms with Crippen LogP contribution >= 0.6 is 0 Å². The van der Waals surface area contributed by atoms with Gasteiger partial charge in [-0.25, -0.2) is 0 Å². The Hall–Kier alpha value is -2.46. The van der Waals surface area contributed by atoms with E-state index in [1.165, 1.54) is 0 Å². The lowest BCUT2D eigenvalue weighted by atomic mass is 9.99. The molecular weight excluding hydrogens is 312 g/mol. The normalized spacial score (nSPS) is 20.2. The van der Waals surface area contributed by atoms with Crippen LogP contribution in [0.3, 0.4) is 0 Å². The van der Waals surface area contributed by atoms with Crippen LogP contribution in [0.1, 0.15) is 29.6 Å². The maximum atomic E-state index is 13.1. The first kappa shape index (κ1) is 16.0. The van der Waals surface area contributed by atoms with Crippen molar-refractivity contribution < 1.29 is 9.90 Å². The number of carbonyl (C=O) groups is 1. The SMILES string of the molecule is CN(CC1CCCC1O)C(=O)c1cc2ccccc2c2cccnc12. The third-order valence-corrected chi connectivity index (χ3v) is 5.32. The fourth-order valence-corrected chi connectivity index (χ4v) is 3.96. The summed E-state index contributed by atoms with van der Waals surface area (Å²) in [5.74, 6) is 0.141. The largest absolute Gasteiger partial charge is 0.393 e. The van der Waals surface area contributed by atoms with E-state index in [-0.39, 0.29) is 17.9 Å². The maximum absolute atomic E-state index is 13.1. The van der Waals surface area contributed by atoms with Gasteiger partial charge >= 0.3 is 0 Å². The van der Waals surface area contributed by atoms with Gasteiger partial charge in [-0.05, 0) is 35.7 Å². The van der Waals surface area contributed by atoms with Gasteiger partial charge in [-0.1, -0.05) is 36.8 Å². The van der Waals surface area contributed by atoms with Crippen molar-refractivity contribution in [1.29, 1.82) is 0 Å². The topological polar surface area (TPSA) is 53.4 Å². The summed E-state index contributed by atoms with van der Waals surface area (Å²) in [6.45, 7) is 0.584. The van der Waals surface area contributed by atoms with E-state index in [1.807, 2.05) is 43.4 Å². The minimum Gasteiger partial charge on any atom is -0.393 e. The van der Waals surface area contributed by atoms with E-state index in [0.29, 0.717) is 12.1 Å². The highest BCUT2D eigenvalue weighted by atomic mass is 16.3. The first-order valence-electron chi connectivity index (χ1n) is 8.85. The van der Waals surface area contributed by atoms with Crippen LogP contribution < -0.4 is 0 Å². The maximum Gasteiger partial charge on any atom is 0.255 e. The second-order valence-corrected chi connectivity index (χ2v) is 6.99. The van der Waals surface area contributed by atoms with Gasteiger partial charge in [0.25, 0.3) is 5.91 Å². The summed E-state index contributed by atoms with van der Waals surface area (Å²) >= 11 is 0. The van der Waals surface area contributed by atoms with Crippen molar-refractivity contribution >= 4 is 27.6 Å². The summed E-state index contributed by atoms with van der Waals surface area (Å²) < 4.78 is 0. The number of hydrogen-bond donors (Lipinski definition) is 1. The Labute approximate surface area is 147 Å². The van der Waals surface area contributed by atoms with Crippen molar-refractivity contribution in [3.8, 4) is 0 Å². The van der Waals surface area contributed by atoms with Crippen LogP contribution in [0.4, 0.5) is 0 Å². The predicted octanol–water partition coefficient (Wildman–Crippen LogP) is 3.62. The zero-order valence-electron chi connectivity index (χ0n) is 14.4. The smallest absolute Gasteiger partial charge is 0.255 e. The molecular formula is C21H22N2O2. The van der Waals surface area contributed by atoms with Gasteiger partial charge in [0.05, 0.1) is 17.2 Å². The zero-order chi connectivity index (χ0) is 17.4. The molecule has 2 atom stereocenters. The molecule has 3 aromatic rings. The van der Waals surface area contributed by atoms with E-state index in [1.54, 1.807) is 11.1 Å². The number of aliphatic hydroxyl groups excluding tert-OH is 1. The molecule has 0 saturated heterocycles. The average molecular weight is 334 g/mol. The van der Waals surface area contributed by atoms with Crippen molar-refractivity contribution in [3.05, 3.63) is 54.2 Å². The van der Waals surface area contributed by atoms with Gasteiger partial charge in [0.1, 0.15) is 0 Å². The molecule has 0 aliphatic heterocycles. The molecule has 2 unspecified atom stereocenters. The van der Waals surface area contributed by atoms with Crippen LogP contribution in [-0.4, -0.2) is 40.6 Å². The van der Waals surface area contributed by atoms with Gasteiger partial charge in [0.15, 0.2) is 0 Å². The van der Waals surface area contributed by atoms with Gasteiger partial charge < -0.3 is 10.0 Å². The molecule has 1 heterocycles. The molecule has 2 aromatic carbocycles. The summed E-state index contributed by atoms with van der Waals surface area (Å²) in [4.78, 5) is 19.3. The Morgan fingerprint density at radius 1 is 1.20 bits per heavy atom. The number of amides is 1. The molecule has 25 heavy (non-hydrogen) atoms. The minimum atomic E-state index is -0.290. The molecule has 1 fully saturated rings. The number of aliphatic hydroxyl groups is 1. The third kappa shape index (κ3) is 2.87. The number of carbonyl (C=O) groups excluding carboxylic acids is 1. The number of benzene rings is 2. The zero-order valence-corrected chi connectivity index (χ0v) is 14.4. The molecule has 1 aliphatic carbocycles. The van der Waals surface area contributed by atoms with E-state index in [0.717, 1.165) is 40.9 Å². The summed E-state index contributed by atoms with van der Waals surface area (Å²) in [7, 11) is 1.82. The summed E-state index contributed by atoms with van der Waals surface area (Å²) in [6, 6.07) is 13.9. The van der Waals surface area contributed by atoms with E-state index in [2.05, 4.69) is 11.1 Å². The van der Waals surface area contributed by atoms with Crippen LogP contribution in [0.15, 0.2) is 48.7 Å². The summed E-state index contributed by atoms with van der Waals surface area (Å²) in [6.07, 6.45) is 4.30. The van der Waals surface area contributed by atoms with Gasteiger partial charge in [-0.15, -0.1) is 0 Å². The lowest BCUT2D eigenvalue weighted by molar-refractivity contribution is 0.0695. The summed E-state index contributed by atoms with van der Waals surface area (Å²) in [5, 5.41) is 13.2. The third-order valence-electron chi connectivity index (χ3n) is 5.32. The van der Waals surface area contributed by atoms with Crippen molar-refractivity contribution in [1.82, 2.24) is 9.88 Å². The monoisotopic (exact) mass is 334 g/mol. The number of nitrogens with zero attached hydrogens (tertiary/aromatic N) is 2. The highest BCUT2D eigenvalue weighted by Gasteiger charge is 2.28. The van der Waals surface area contributed by atoms with Gasteiger partial charge in [-0.2, -0.15) is 0 Å². The Kier molecular flexibility index (Phi) is 4.14. The molecule has 4 nitrogen and oxygen atoms in total. The molecule has 1 amide bonds. The second-order valence-electron chi connectivity index (χ2n) is 6.99. The number of aromatic nitrogens is 1. The predicted molar refractivity (Wildman–Crippen MR) is 99.6 cm³/mol. The molecule has 128 valence electrons. The number of pyridine rings is 1. The van der Waals surface area contributed by atoms with Crippen LogP contribution in [0.5, 0.6) is 0 Å². The highest BCUT2D eigenvalue weighted by Crippen LogP contribution is 2.29. The van der Waals surface area contributed by atoms with Crippen LogP contribution in [0, 0.1) is 5.92 Å². The average Bonchev–Trinajstić information content (AvgIpc) is 3.05. The molecule has 1 saturated carbocycles. The van der Waals surface area contributed by atoms with E-state index < -0.39 is 0 Å². The number of fused-ring (bicyclic) bond motifs is 3. The van der Waals surface area contributed by atoms with E-state index >= 15 is 0 Å². The molecule has 1 N–H and O–H groups in total. The molecule has 0 radical (unpaired) electrons. The second kappa shape index (κ2) is 6.45. The molecule has 0 spiro atoms. The van der Waals surface area contributed by atoms with Crippen molar-refractivity contribution in [3.63, 3.8) is 0 Å². The van der Waals surface area contributed by atoms with Crippen LogP contribution in [0.25, 0.3) is 21.7 Å². The van der Waals surface area contributed by atoms with E-state index in [9.17, 15) is 9.90 Å². The lowest BCUT2D eigenvalue weighted by Gasteiger charge is -2.24. The number of hydrogen-bond acceptors (Lipinski definition) is 3.